The van der Waals surface area contributed by atoms with E-state index in [4.69, 9.17) is 4.74 Å². The van der Waals surface area contributed by atoms with E-state index in [1.807, 2.05) is 13.8 Å². The van der Waals surface area contributed by atoms with Gasteiger partial charge in [-0.2, -0.15) is 0 Å². The largest absolute Gasteiger partial charge is 0.443 e. The second-order valence-corrected chi connectivity index (χ2v) is 11.8. The monoisotopic (exact) mass is 531 g/mol. The van der Waals surface area contributed by atoms with E-state index in [0.717, 1.165) is 12.7 Å². The summed E-state index contributed by atoms with van der Waals surface area (Å²) >= 11 is 0. The number of esters is 1. The molecule has 2 saturated heterocycles. The molecule has 0 aromatic carbocycles. The summed E-state index contributed by atoms with van der Waals surface area (Å²) in [5.41, 5.74) is -0.120. The molecule has 11 nitrogen and oxygen atoms in total. The number of aldehydes is 1. The Hall–Kier alpha value is -3.24. The van der Waals surface area contributed by atoms with Crippen LogP contribution in [0.4, 0.5) is 0 Å². The minimum absolute atomic E-state index is 0.0101. The maximum absolute atomic E-state index is 13.4. The molecule has 3 rings (SSSR count). The van der Waals surface area contributed by atoms with E-state index in [2.05, 4.69) is 36.4 Å². The van der Waals surface area contributed by atoms with Gasteiger partial charge in [-0.1, -0.05) is 27.2 Å². The van der Waals surface area contributed by atoms with Gasteiger partial charge in [0.05, 0.1) is 23.5 Å². The molecule has 0 bridgehead atoms. The Kier molecular flexibility index (Phi) is 9.32. The molecule has 2 fully saturated rings. The molecule has 2 aliphatic heterocycles. The van der Waals surface area contributed by atoms with Crippen molar-refractivity contribution in [3.8, 4) is 0 Å². The molecule has 3 heterocycles. The molecule has 2 N–H and O–H groups in total. The van der Waals surface area contributed by atoms with E-state index in [9.17, 15) is 24.0 Å². The van der Waals surface area contributed by atoms with E-state index >= 15 is 0 Å². The second-order valence-electron chi connectivity index (χ2n) is 11.8. The van der Waals surface area contributed by atoms with Crippen molar-refractivity contribution in [1.82, 2.24) is 25.1 Å². The van der Waals surface area contributed by atoms with E-state index in [-0.39, 0.29) is 42.8 Å². The highest BCUT2D eigenvalue weighted by atomic mass is 16.5. The predicted octanol–water partition coefficient (Wildman–Crippen LogP) is 1.73. The van der Waals surface area contributed by atoms with Crippen molar-refractivity contribution in [2.24, 2.45) is 10.8 Å². The van der Waals surface area contributed by atoms with Crippen LogP contribution in [0.1, 0.15) is 78.8 Å². The number of carbonyl (C=O) groups is 5. The molecular weight excluding hydrogens is 490 g/mol. The highest BCUT2D eigenvalue weighted by molar-refractivity contribution is 5.94. The minimum atomic E-state index is -0.957. The lowest BCUT2D eigenvalue weighted by atomic mass is 9.74. The Balaban J connectivity index is 1.66. The number of hydrogen-bond acceptors (Lipinski definition) is 7. The van der Waals surface area contributed by atoms with Gasteiger partial charge in [-0.25, -0.2) is 4.98 Å². The maximum atomic E-state index is 13.4. The Morgan fingerprint density at radius 1 is 1.26 bits per heavy atom. The van der Waals surface area contributed by atoms with E-state index < -0.39 is 29.4 Å². The first-order chi connectivity index (χ1) is 17.8. The number of likely N-dealkylation sites (tertiary alicyclic amines) is 1. The number of carbonyl (C=O) groups excluding carboxylic acids is 5. The zero-order valence-electron chi connectivity index (χ0n) is 23.1. The maximum Gasteiger partial charge on any atom is 0.313 e. The first-order valence-corrected chi connectivity index (χ1v) is 13.4. The summed E-state index contributed by atoms with van der Waals surface area (Å²) in [6.07, 6.45) is 7.57. The van der Waals surface area contributed by atoms with Crippen LogP contribution in [0.2, 0.25) is 0 Å². The Morgan fingerprint density at radius 2 is 2.00 bits per heavy atom. The van der Waals surface area contributed by atoms with Crippen molar-refractivity contribution in [1.29, 1.82) is 0 Å². The van der Waals surface area contributed by atoms with Crippen LogP contribution in [0.5, 0.6) is 0 Å². The number of hydrogen-bond donors (Lipinski definition) is 2. The van der Waals surface area contributed by atoms with Crippen LogP contribution in [-0.4, -0.2) is 69.1 Å². The Labute approximate surface area is 224 Å². The highest BCUT2D eigenvalue weighted by Gasteiger charge is 2.37. The van der Waals surface area contributed by atoms with Gasteiger partial charge in [-0.3, -0.25) is 19.2 Å². The molecule has 0 spiro atoms. The number of nitrogens with zero attached hydrogens (tertiary/aromatic N) is 3. The van der Waals surface area contributed by atoms with Crippen molar-refractivity contribution < 1.29 is 28.7 Å². The van der Waals surface area contributed by atoms with Crippen LogP contribution in [-0.2, 0) is 41.9 Å². The van der Waals surface area contributed by atoms with Crippen molar-refractivity contribution in [2.45, 2.75) is 104 Å². The van der Waals surface area contributed by atoms with Crippen LogP contribution < -0.4 is 10.6 Å². The lowest BCUT2D eigenvalue weighted by molar-refractivity contribution is -0.159. The first-order valence-electron chi connectivity index (χ1n) is 13.4. The first kappa shape index (κ1) is 29.3. The molecule has 11 heteroatoms. The summed E-state index contributed by atoms with van der Waals surface area (Å²) in [6.45, 7) is 10.5. The zero-order chi connectivity index (χ0) is 28.1. The van der Waals surface area contributed by atoms with Crippen LogP contribution in [0, 0.1) is 10.8 Å². The number of ether oxygens (including phenoxy) is 1. The average molecular weight is 532 g/mol. The standard InChI is InChI=1S/C27H41N5O6/c1-6-26(2,3)15-27(4,5)25(37)38-17-31-13-18(28-16-31)12-21(24(36)32-11-7-8-19(32)14-33)30-23(35)20-9-10-22(34)29-20/h13-14,16,19-21H,6-12,15,17H2,1-5H3,(H,29,34)(H,30,35). The van der Waals surface area contributed by atoms with Gasteiger partial charge in [0.1, 0.15) is 18.4 Å². The molecule has 0 saturated carbocycles. The molecule has 38 heavy (non-hydrogen) atoms. The molecule has 0 aliphatic carbocycles. The molecule has 3 amide bonds. The van der Waals surface area contributed by atoms with E-state index in [0.29, 0.717) is 37.9 Å². The van der Waals surface area contributed by atoms with Crippen molar-refractivity contribution in [2.75, 3.05) is 6.54 Å². The number of imidazole rings is 1. The predicted molar refractivity (Wildman–Crippen MR) is 138 cm³/mol. The van der Waals surface area contributed by atoms with Crippen LogP contribution >= 0.6 is 0 Å². The van der Waals surface area contributed by atoms with Gasteiger partial charge in [0.2, 0.25) is 17.7 Å². The SMILES string of the molecule is CCC(C)(C)CC(C)(C)C(=O)OCn1cnc(CC(NC(=O)C2CCC(=O)N2)C(=O)N2CCCC2C=O)c1. The smallest absolute Gasteiger partial charge is 0.313 e. The lowest BCUT2D eigenvalue weighted by Crippen LogP contribution is -2.54. The van der Waals surface area contributed by atoms with Gasteiger partial charge < -0.3 is 29.6 Å². The van der Waals surface area contributed by atoms with Crippen molar-refractivity contribution in [3.63, 3.8) is 0 Å². The minimum Gasteiger partial charge on any atom is -0.443 e. The average Bonchev–Trinajstić information content (AvgIpc) is 3.61. The Morgan fingerprint density at radius 3 is 2.63 bits per heavy atom. The topological polar surface area (TPSA) is 140 Å². The quantitative estimate of drug-likeness (QED) is 0.309. The number of rotatable bonds is 12. The van der Waals surface area contributed by atoms with Gasteiger partial charge in [0, 0.05) is 25.6 Å². The molecule has 1 aromatic rings. The van der Waals surface area contributed by atoms with Gasteiger partial charge >= 0.3 is 5.97 Å². The fourth-order valence-corrected chi connectivity index (χ4v) is 5.20. The molecule has 3 unspecified atom stereocenters. The number of amides is 3. The number of nitrogens with one attached hydrogen (secondary N) is 2. The van der Waals surface area contributed by atoms with Crippen LogP contribution in [0.3, 0.4) is 0 Å². The molecule has 1 aromatic heterocycles. The molecule has 3 atom stereocenters. The molecular formula is C27H41N5O6. The van der Waals surface area contributed by atoms with Gasteiger partial charge in [-0.15, -0.1) is 0 Å². The normalized spacial score (nSPS) is 20.7. The van der Waals surface area contributed by atoms with Crippen LogP contribution in [0.25, 0.3) is 0 Å². The lowest BCUT2D eigenvalue weighted by Gasteiger charge is -2.32. The van der Waals surface area contributed by atoms with Crippen LogP contribution in [0.15, 0.2) is 12.5 Å². The summed E-state index contributed by atoms with van der Waals surface area (Å²) in [5.74, 6) is -1.31. The summed E-state index contributed by atoms with van der Waals surface area (Å²) in [4.78, 5) is 67.8. The summed E-state index contributed by atoms with van der Waals surface area (Å²) in [6, 6.07) is -2.18. The molecule has 210 valence electrons. The third kappa shape index (κ3) is 7.41. The second kappa shape index (κ2) is 12.1. The van der Waals surface area contributed by atoms with Crippen molar-refractivity contribution >= 4 is 30.0 Å². The fourth-order valence-electron chi connectivity index (χ4n) is 5.20. The zero-order valence-corrected chi connectivity index (χ0v) is 23.1. The van der Waals surface area contributed by atoms with E-state index in [1.54, 1.807) is 10.8 Å². The number of aromatic nitrogens is 2. The van der Waals surface area contributed by atoms with Gasteiger partial charge in [-0.05, 0) is 44.9 Å². The summed E-state index contributed by atoms with van der Waals surface area (Å²) in [5, 5.41) is 5.37. The highest BCUT2D eigenvalue weighted by Crippen LogP contribution is 2.36. The Bertz CT molecular complexity index is 1050. The third-order valence-corrected chi connectivity index (χ3v) is 7.54. The fraction of sp³-hybridized carbons (Fsp3) is 0.704. The molecule has 0 radical (unpaired) electrons. The summed E-state index contributed by atoms with van der Waals surface area (Å²) in [7, 11) is 0. The van der Waals surface area contributed by atoms with E-state index in [1.165, 1.54) is 11.2 Å². The van der Waals surface area contributed by atoms with Gasteiger partial charge in [0.25, 0.3) is 0 Å². The third-order valence-electron chi connectivity index (χ3n) is 7.54. The van der Waals surface area contributed by atoms with Gasteiger partial charge in [0.15, 0.2) is 6.73 Å². The van der Waals surface area contributed by atoms with Crippen molar-refractivity contribution in [3.05, 3.63) is 18.2 Å². The summed E-state index contributed by atoms with van der Waals surface area (Å²) < 4.78 is 7.17. The molecule has 2 aliphatic rings.